The van der Waals surface area contributed by atoms with Crippen LogP contribution in [0, 0.1) is 0 Å². The summed E-state index contributed by atoms with van der Waals surface area (Å²) in [6.07, 6.45) is 0. The molecule has 88 valence electrons. The highest BCUT2D eigenvalue weighted by Crippen LogP contribution is 2.19. The number of aromatic hydroxyl groups is 1. The molecule has 0 aliphatic carbocycles. The Hall–Kier alpha value is -2.05. The quantitative estimate of drug-likeness (QED) is 0.575. The smallest absolute Gasteiger partial charge is 0.331 e. The zero-order chi connectivity index (χ0) is 12.7. The molecule has 1 aromatic rings. The molecule has 1 amide bonds. The molecule has 0 saturated carbocycles. The molecule has 7 nitrogen and oxygen atoms in total. The van der Waals surface area contributed by atoms with Crippen molar-refractivity contribution in [2.45, 2.75) is 26.3 Å². The summed E-state index contributed by atoms with van der Waals surface area (Å²) in [5.74, 6) is -1.80. The Morgan fingerprint density at radius 2 is 1.88 bits per heavy atom. The SMILES string of the molecule is CC(C)(C)n1c(O)c(C(N)=O)c(=O)[nH]c1=O. The Morgan fingerprint density at radius 3 is 2.25 bits per heavy atom. The van der Waals surface area contributed by atoms with E-state index in [1.165, 1.54) is 0 Å². The van der Waals surface area contributed by atoms with Gasteiger partial charge in [0.25, 0.3) is 11.5 Å². The summed E-state index contributed by atoms with van der Waals surface area (Å²) >= 11 is 0. The number of carbonyl (C=O) groups is 1. The summed E-state index contributed by atoms with van der Waals surface area (Å²) in [4.78, 5) is 35.6. The van der Waals surface area contributed by atoms with E-state index in [1.54, 1.807) is 20.8 Å². The molecule has 16 heavy (non-hydrogen) atoms. The second-order valence-corrected chi connectivity index (χ2v) is 4.33. The first-order valence-electron chi connectivity index (χ1n) is 4.55. The van der Waals surface area contributed by atoms with Crippen molar-refractivity contribution in [3.8, 4) is 5.88 Å². The number of nitrogens with zero attached hydrogens (tertiary/aromatic N) is 1. The van der Waals surface area contributed by atoms with Crippen LogP contribution in [0.2, 0.25) is 0 Å². The van der Waals surface area contributed by atoms with Crippen molar-refractivity contribution in [1.82, 2.24) is 9.55 Å². The third kappa shape index (κ3) is 1.83. The number of hydrogen-bond acceptors (Lipinski definition) is 4. The number of aromatic amines is 1. The fourth-order valence-corrected chi connectivity index (χ4v) is 1.37. The van der Waals surface area contributed by atoms with Gasteiger partial charge in [0, 0.05) is 5.54 Å². The van der Waals surface area contributed by atoms with Crippen LogP contribution >= 0.6 is 0 Å². The zero-order valence-corrected chi connectivity index (χ0v) is 9.20. The minimum atomic E-state index is -1.09. The van der Waals surface area contributed by atoms with Crippen LogP contribution in [0.3, 0.4) is 0 Å². The van der Waals surface area contributed by atoms with Crippen LogP contribution in [-0.2, 0) is 5.54 Å². The highest BCUT2D eigenvalue weighted by Gasteiger charge is 2.25. The van der Waals surface area contributed by atoms with Gasteiger partial charge in [-0.3, -0.25) is 19.1 Å². The van der Waals surface area contributed by atoms with Crippen molar-refractivity contribution in [3.63, 3.8) is 0 Å². The van der Waals surface area contributed by atoms with Crippen LogP contribution in [0.1, 0.15) is 31.1 Å². The van der Waals surface area contributed by atoms with E-state index >= 15 is 0 Å². The first kappa shape index (κ1) is 12.0. The Labute approximate surface area is 90.5 Å². The fraction of sp³-hybridized carbons (Fsp3) is 0.444. The van der Waals surface area contributed by atoms with Crippen molar-refractivity contribution < 1.29 is 9.90 Å². The molecular weight excluding hydrogens is 214 g/mol. The summed E-state index contributed by atoms with van der Waals surface area (Å²) in [5.41, 5.74) is 1.76. The van der Waals surface area contributed by atoms with E-state index < -0.39 is 34.1 Å². The van der Waals surface area contributed by atoms with E-state index in [9.17, 15) is 19.5 Å². The lowest BCUT2D eigenvalue weighted by molar-refractivity contribution is 0.0993. The summed E-state index contributed by atoms with van der Waals surface area (Å²) in [6, 6.07) is 0. The lowest BCUT2D eigenvalue weighted by Gasteiger charge is -2.23. The molecule has 0 radical (unpaired) electrons. The van der Waals surface area contributed by atoms with Crippen LogP contribution in [-0.4, -0.2) is 20.6 Å². The second kappa shape index (κ2) is 3.51. The maximum atomic E-state index is 11.5. The van der Waals surface area contributed by atoms with E-state index in [0.29, 0.717) is 0 Å². The largest absolute Gasteiger partial charge is 0.494 e. The maximum absolute atomic E-state index is 11.5. The predicted molar refractivity (Wildman–Crippen MR) is 56.5 cm³/mol. The van der Waals surface area contributed by atoms with Gasteiger partial charge >= 0.3 is 5.69 Å². The van der Waals surface area contributed by atoms with Gasteiger partial charge in [0.2, 0.25) is 5.88 Å². The Morgan fingerprint density at radius 1 is 1.38 bits per heavy atom. The minimum absolute atomic E-state index is 0.616. The third-order valence-corrected chi connectivity index (χ3v) is 2.00. The molecule has 1 rings (SSSR count). The second-order valence-electron chi connectivity index (χ2n) is 4.33. The van der Waals surface area contributed by atoms with Crippen LogP contribution in [0.4, 0.5) is 0 Å². The lowest BCUT2D eigenvalue weighted by atomic mass is 10.1. The van der Waals surface area contributed by atoms with Gasteiger partial charge in [-0.25, -0.2) is 4.79 Å². The molecule has 0 unspecified atom stereocenters. The molecule has 7 heteroatoms. The molecule has 1 aromatic heterocycles. The molecule has 0 fully saturated rings. The van der Waals surface area contributed by atoms with Crippen molar-refractivity contribution in [1.29, 1.82) is 0 Å². The molecule has 0 aliphatic rings. The molecule has 0 atom stereocenters. The van der Waals surface area contributed by atoms with E-state index in [1.807, 2.05) is 4.98 Å². The Kier molecular flexibility index (Phi) is 2.64. The summed E-state index contributed by atoms with van der Waals surface area (Å²) < 4.78 is 0.897. The standard InChI is InChI=1S/C9H13N3O4/c1-9(2,3)12-7(15)4(5(10)13)6(14)11-8(12)16/h15H,1-3H3,(H2,10,13)(H,11,14,16). The number of primary amides is 1. The number of aromatic nitrogens is 2. The van der Waals surface area contributed by atoms with Crippen LogP contribution < -0.4 is 17.0 Å². The molecule has 0 saturated heterocycles. The number of rotatable bonds is 1. The average Bonchev–Trinajstić information content (AvgIpc) is 1.97. The molecule has 0 bridgehead atoms. The highest BCUT2D eigenvalue weighted by molar-refractivity contribution is 5.94. The number of H-pyrrole nitrogens is 1. The molecule has 0 aromatic carbocycles. The Bertz CT molecular complexity index is 547. The predicted octanol–water partition coefficient (Wildman–Crippen LogP) is -0.904. The number of nitrogens with two attached hydrogens (primary N) is 1. The Balaban J connectivity index is 3.80. The van der Waals surface area contributed by atoms with Crippen molar-refractivity contribution >= 4 is 5.91 Å². The van der Waals surface area contributed by atoms with Crippen molar-refractivity contribution in [2.24, 2.45) is 5.73 Å². The molecular formula is C9H13N3O4. The number of amides is 1. The van der Waals surface area contributed by atoms with Crippen LogP contribution in [0.25, 0.3) is 0 Å². The van der Waals surface area contributed by atoms with Gasteiger partial charge in [0.1, 0.15) is 0 Å². The maximum Gasteiger partial charge on any atom is 0.331 e. The number of nitrogens with one attached hydrogen (secondary N) is 1. The zero-order valence-electron chi connectivity index (χ0n) is 9.20. The van der Waals surface area contributed by atoms with Gasteiger partial charge in [-0.1, -0.05) is 0 Å². The topological polar surface area (TPSA) is 118 Å². The first-order chi connectivity index (χ1) is 7.16. The first-order valence-corrected chi connectivity index (χ1v) is 4.55. The van der Waals surface area contributed by atoms with Gasteiger partial charge in [-0.15, -0.1) is 0 Å². The minimum Gasteiger partial charge on any atom is -0.494 e. The molecule has 0 spiro atoms. The molecule has 4 N–H and O–H groups in total. The van der Waals surface area contributed by atoms with E-state index in [2.05, 4.69) is 0 Å². The normalized spacial score (nSPS) is 11.4. The van der Waals surface area contributed by atoms with Crippen LogP contribution in [0.5, 0.6) is 5.88 Å². The summed E-state index contributed by atoms with van der Waals surface area (Å²) in [5, 5.41) is 9.70. The monoisotopic (exact) mass is 227 g/mol. The summed E-state index contributed by atoms with van der Waals surface area (Å²) in [6.45, 7) is 4.91. The summed E-state index contributed by atoms with van der Waals surface area (Å²) in [7, 11) is 0. The van der Waals surface area contributed by atoms with Gasteiger partial charge in [-0.05, 0) is 20.8 Å². The van der Waals surface area contributed by atoms with Gasteiger partial charge in [0.05, 0.1) is 0 Å². The fourth-order valence-electron chi connectivity index (χ4n) is 1.37. The number of hydrogen-bond donors (Lipinski definition) is 3. The lowest BCUT2D eigenvalue weighted by Crippen LogP contribution is -2.41. The van der Waals surface area contributed by atoms with Gasteiger partial charge < -0.3 is 10.8 Å². The third-order valence-electron chi connectivity index (χ3n) is 2.00. The van der Waals surface area contributed by atoms with Crippen molar-refractivity contribution in [2.75, 3.05) is 0 Å². The van der Waals surface area contributed by atoms with E-state index in [-0.39, 0.29) is 0 Å². The molecule has 0 aliphatic heterocycles. The van der Waals surface area contributed by atoms with E-state index in [4.69, 9.17) is 5.73 Å². The van der Waals surface area contributed by atoms with E-state index in [0.717, 1.165) is 4.57 Å². The van der Waals surface area contributed by atoms with Gasteiger partial charge in [-0.2, -0.15) is 0 Å². The molecule has 1 heterocycles. The number of carbonyl (C=O) groups excluding carboxylic acids is 1. The average molecular weight is 227 g/mol. The van der Waals surface area contributed by atoms with Crippen molar-refractivity contribution in [3.05, 3.63) is 26.4 Å². The van der Waals surface area contributed by atoms with Gasteiger partial charge in [0.15, 0.2) is 5.56 Å². The van der Waals surface area contributed by atoms with Crippen LogP contribution in [0.15, 0.2) is 9.59 Å². The highest BCUT2D eigenvalue weighted by atomic mass is 16.3.